The minimum absolute atomic E-state index is 0.670. The van der Waals surface area contributed by atoms with E-state index in [2.05, 4.69) is 27.9 Å². The van der Waals surface area contributed by atoms with Crippen LogP contribution in [0, 0.1) is 25.2 Å². The summed E-state index contributed by atoms with van der Waals surface area (Å²) in [6.07, 6.45) is 5.38. The first-order valence-corrected chi connectivity index (χ1v) is 7.82. The van der Waals surface area contributed by atoms with Crippen molar-refractivity contribution in [2.24, 2.45) is 0 Å². The zero-order chi connectivity index (χ0) is 15.4. The van der Waals surface area contributed by atoms with Crippen LogP contribution in [0.25, 0.3) is 0 Å². The summed E-state index contributed by atoms with van der Waals surface area (Å²) >= 11 is 0. The molecular weight excluding hydrogens is 260 g/mol. The minimum atomic E-state index is 0.670. The summed E-state index contributed by atoms with van der Waals surface area (Å²) in [6.45, 7) is 5.91. The van der Waals surface area contributed by atoms with E-state index < -0.39 is 0 Å². The molecule has 0 amide bonds. The van der Waals surface area contributed by atoms with Gasteiger partial charge in [0.15, 0.2) is 0 Å². The van der Waals surface area contributed by atoms with Crippen LogP contribution in [0.2, 0.25) is 0 Å². The molecule has 1 aromatic rings. The van der Waals surface area contributed by atoms with Gasteiger partial charge in [-0.25, -0.2) is 4.98 Å². The molecule has 0 radical (unpaired) electrons. The van der Waals surface area contributed by atoms with Crippen molar-refractivity contribution in [3.05, 3.63) is 22.9 Å². The molecule has 1 aliphatic carbocycles. The van der Waals surface area contributed by atoms with Crippen molar-refractivity contribution < 1.29 is 0 Å². The Morgan fingerprint density at radius 2 is 1.90 bits per heavy atom. The molecule has 1 fully saturated rings. The predicted octanol–water partition coefficient (Wildman–Crippen LogP) is 2.88. The Kier molecular flexibility index (Phi) is 5.19. The molecule has 0 bridgehead atoms. The van der Waals surface area contributed by atoms with Crippen molar-refractivity contribution in [1.29, 1.82) is 5.26 Å². The minimum Gasteiger partial charge on any atom is -0.357 e. The second kappa shape index (κ2) is 6.91. The van der Waals surface area contributed by atoms with E-state index in [-0.39, 0.29) is 0 Å². The molecule has 0 aromatic carbocycles. The number of nitrogens with zero attached hydrogens (tertiary/aromatic N) is 4. The number of anilines is 1. The summed E-state index contributed by atoms with van der Waals surface area (Å²) in [4.78, 5) is 9.17. The summed E-state index contributed by atoms with van der Waals surface area (Å²) in [5.41, 5.74) is 2.75. The monoisotopic (exact) mass is 286 g/mol. The molecule has 0 aliphatic heterocycles. The number of nitriles is 1. The molecule has 1 saturated carbocycles. The normalized spacial score (nSPS) is 15.4. The van der Waals surface area contributed by atoms with E-state index in [0.717, 1.165) is 36.2 Å². The van der Waals surface area contributed by atoms with Gasteiger partial charge in [-0.15, -0.1) is 0 Å². The van der Waals surface area contributed by atoms with E-state index in [4.69, 9.17) is 0 Å². The standard InChI is InChI=1S/C17H26N4/c1-13-11-15(12-18)17(19-14(13)2)21(4)10-9-20(3)16-7-5-6-8-16/h11,16H,5-10H2,1-4H3. The van der Waals surface area contributed by atoms with Gasteiger partial charge in [-0.2, -0.15) is 5.26 Å². The summed E-state index contributed by atoms with van der Waals surface area (Å²) < 4.78 is 0. The van der Waals surface area contributed by atoms with Crippen LogP contribution in [0.4, 0.5) is 5.82 Å². The van der Waals surface area contributed by atoms with Crippen LogP contribution in [0.3, 0.4) is 0 Å². The molecule has 0 saturated heterocycles. The third-order valence-corrected chi connectivity index (χ3v) is 4.66. The van der Waals surface area contributed by atoms with Gasteiger partial charge in [0.1, 0.15) is 11.9 Å². The van der Waals surface area contributed by atoms with Crippen molar-refractivity contribution >= 4 is 5.82 Å². The Morgan fingerprint density at radius 3 is 2.52 bits per heavy atom. The number of rotatable bonds is 5. The summed E-state index contributed by atoms with van der Waals surface area (Å²) in [6, 6.07) is 4.95. The van der Waals surface area contributed by atoms with E-state index in [9.17, 15) is 5.26 Å². The zero-order valence-corrected chi connectivity index (χ0v) is 13.7. The molecular formula is C17H26N4. The van der Waals surface area contributed by atoms with E-state index in [1.807, 2.05) is 27.0 Å². The number of aromatic nitrogens is 1. The average molecular weight is 286 g/mol. The van der Waals surface area contributed by atoms with Crippen LogP contribution in [-0.2, 0) is 0 Å². The Hall–Kier alpha value is -1.60. The van der Waals surface area contributed by atoms with Gasteiger partial charge in [0.2, 0.25) is 0 Å². The number of aryl methyl sites for hydroxylation is 2. The first-order chi connectivity index (χ1) is 10.0. The molecule has 4 nitrogen and oxygen atoms in total. The van der Waals surface area contributed by atoms with E-state index >= 15 is 0 Å². The van der Waals surface area contributed by atoms with Gasteiger partial charge >= 0.3 is 0 Å². The van der Waals surface area contributed by atoms with E-state index in [1.165, 1.54) is 25.7 Å². The largest absolute Gasteiger partial charge is 0.357 e. The number of hydrogen-bond acceptors (Lipinski definition) is 4. The lowest BCUT2D eigenvalue weighted by atomic mass is 10.1. The third-order valence-electron chi connectivity index (χ3n) is 4.66. The predicted molar refractivity (Wildman–Crippen MR) is 86.6 cm³/mol. The van der Waals surface area contributed by atoms with Crippen LogP contribution >= 0.6 is 0 Å². The van der Waals surface area contributed by atoms with Crippen molar-refractivity contribution in [3.8, 4) is 6.07 Å². The van der Waals surface area contributed by atoms with E-state index in [0.29, 0.717) is 5.56 Å². The maximum absolute atomic E-state index is 9.31. The second-order valence-corrected chi connectivity index (χ2v) is 6.21. The molecule has 4 heteroatoms. The first kappa shape index (κ1) is 15.8. The molecule has 0 atom stereocenters. The van der Waals surface area contributed by atoms with Crippen molar-refractivity contribution in [2.45, 2.75) is 45.6 Å². The molecule has 1 aliphatic rings. The lowest BCUT2D eigenvalue weighted by molar-refractivity contribution is 0.251. The Morgan fingerprint density at radius 1 is 1.24 bits per heavy atom. The van der Waals surface area contributed by atoms with E-state index in [1.54, 1.807) is 0 Å². The molecule has 1 aromatic heterocycles. The number of hydrogen-bond donors (Lipinski definition) is 0. The lowest BCUT2D eigenvalue weighted by Crippen LogP contribution is -2.36. The molecule has 2 rings (SSSR count). The van der Waals surface area contributed by atoms with Gasteiger partial charge in [0.25, 0.3) is 0 Å². The third kappa shape index (κ3) is 3.74. The van der Waals surface area contributed by atoms with Crippen molar-refractivity contribution in [2.75, 3.05) is 32.1 Å². The zero-order valence-electron chi connectivity index (χ0n) is 13.7. The van der Waals surface area contributed by atoms with Gasteiger partial charge in [0, 0.05) is 31.9 Å². The molecule has 0 N–H and O–H groups in total. The molecule has 0 unspecified atom stereocenters. The fourth-order valence-corrected chi connectivity index (χ4v) is 3.01. The highest BCUT2D eigenvalue weighted by Gasteiger charge is 2.20. The summed E-state index contributed by atoms with van der Waals surface area (Å²) in [5, 5.41) is 9.31. The highest BCUT2D eigenvalue weighted by atomic mass is 15.2. The summed E-state index contributed by atoms with van der Waals surface area (Å²) in [5.74, 6) is 0.806. The maximum Gasteiger partial charge on any atom is 0.146 e. The average Bonchev–Trinajstić information content (AvgIpc) is 3.01. The second-order valence-electron chi connectivity index (χ2n) is 6.21. The first-order valence-electron chi connectivity index (χ1n) is 7.82. The van der Waals surface area contributed by atoms with Crippen LogP contribution in [0.15, 0.2) is 6.07 Å². The topological polar surface area (TPSA) is 43.2 Å². The van der Waals surface area contributed by atoms with Gasteiger partial charge in [-0.3, -0.25) is 0 Å². The highest BCUT2D eigenvalue weighted by Crippen LogP contribution is 2.23. The lowest BCUT2D eigenvalue weighted by Gasteiger charge is -2.27. The SMILES string of the molecule is Cc1cc(C#N)c(N(C)CCN(C)C2CCCC2)nc1C. The van der Waals surface area contributed by atoms with Crippen LogP contribution in [0.1, 0.15) is 42.5 Å². The Bertz CT molecular complexity index is 526. The van der Waals surface area contributed by atoms with Gasteiger partial charge in [0.05, 0.1) is 5.56 Å². The number of likely N-dealkylation sites (N-methyl/N-ethyl adjacent to an activating group) is 2. The van der Waals surface area contributed by atoms with Crippen LogP contribution in [0.5, 0.6) is 0 Å². The molecule has 114 valence electrons. The Balaban J connectivity index is 2.01. The fourth-order valence-electron chi connectivity index (χ4n) is 3.01. The van der Waals surface area contributed by atoms with Crippen molar-refractivity contribution in [3.63, 3.8) is 0 Å². The smallest absolute Gasteiger partial charge is 0.146 e. The highest BCUT2D eigenvalue weighted by molar-refractivity contribution is 5.55. The summed E-state index contributed by atoms with van der Waals surface area (Å²) in [7, 11) is 4.24. The number of pyridine rings is 1. The van der Waals surface area contributed by atoms with Crippen molar-refractivity contribution in [1.82, 2.24) is 9.88 Å². The van der Waals surface area contributed by atoms with Gasteiger partial charge in [-0.1, -0.05) is 12.8 Å². The van der Waals surface area contributed by atoms with Crippen LogP contribution in [-0.4, -0.2) is 43.1 Å². The fraction of sp³-hybridized carbons (Fsp3) is 0.647. The molecule has 1 heterocycles. The van der Waals surface area contributed by atoms with Gasteiger partial charge < -0.3 is 9.80 Å². The molecule has 21 heavy (non-hydrogen) atoms. The Labute approximate surface area is 128 Å². The quantitative estimate of drug-likeness (QED) is 0.835. The van der Waals surface area contributed by atoms with Crippen LogP contribution < -0.4 is 4.90 Å². The van der Waals surface area contributed by atoms with Gasteiger partial charge in [-0.05, 0) is 45.4 Å². The molecule has 0 spiro atoms. The maximum atomic E-state index is 9.31.